The third kappa shape index (κ3) is 3.91. The smallest absolute Gasteiger partial charge is 0.315 e. The van der Waals surface area contributed by atoms with Crippen LogP contribution in [0.3, 0.4) is 0 Å². The van der Waals surface area contributed by atoms with Crippen molar-refractivity contribution in [1.29, 1.82) is 0 Å². The summed E-state index contributed by atoms with van der Waals surface area (Å²) in [5, 5.41) is 0. The van der Waals surface area contributed by atoms with Gasteiger partial charge in [-0.3, -0.25) is 4.79 Å². The van der Waals surface area contributed by atoms with Crippen LogP contribution in [-0.2, 0) is 4.79 Å². The molecule has 0 unspecified atom stereocenters. The number of hydrogen-bond acceptors (Lipinski definition) is 2. The Labute approximate surface area is 140 Å². The Morgan fingerprint density at radius 2 is 1.35 bits per heavy atom. The Bertz CT molecular complexity index is 598. The van der Waals surface area contributed by atoms with Gasteiger partial charge in [0, 0.05) is 0 Å². The first kappa shape index (κ1) is 17.5. The van der Waals surface area contributed by atoms with Crippen molar-refractivity contribution in [2.45, 2.75) is 44.4 Å². The fourth-order valence-corrected chi connectivity index (χ4v) is 7.59. The standard InChI is InChI=1S/C20H26O2Si/c1-4-23(5-2,6-3)19(17-13-9-7-10-14-17)20(21)22-18-15-11-8-12-16-18/h7-16,19H,4-6H2,1-3H3/t19-/m1/s1. The fraction of sp³-hybridized carbons (Fsp3) is 0.350. The first-order chi connectivity index (χ1) is 11.2. The molecule has 0 amide bonds. The lowest BCUT2D eigenvalue weighted by Crippen LogP contribution is -2.45. The molecule has 0 saturated carbocycles. The first-order valence-corrected chi connectivity index (χ1v) is 11.2. The van der Waals surface area contributed by atoms with Crippen LogP contribution in [0.15, 0.2) is 60.7 Å². The Kier molecular flexibility index (Phi) is 6.17. The largest absolute Gasteiger partial charge is 0.426 e. The van der Waals surface area contributed by atoms with Crippen LogP contribution in [0.5, 0.6) is 5.75 Å². The molecule has 23 heavy (non-hydrogen) atoms. The molecule has 2 aromatic rings. The van der Waals surface area contributed by atoms with Gasteiger partial charge >= 0.3 is 5.97 Å². The second-order valence-electron chi connectivity index (χ2n) is 6.00. The van der Waals surface area contributed by atoms with Crippen LogP contribution in [0.1, 0.15) is 31.9 Å². The van der Waals surface area contributed by atoms with Gasteiger partial charge in [-0.1, -0.05) is 87.4 Å². The zero-order valence-electron chi connectivity index (χ0n) is 14.3. The third-order valence-electron chi connectivity index (χ3n) is 5.06. The highest BCUT2D eigenvalue weighted by molar-refractivity contribution is 6.83. The van der Waals surface area contributed by atoms with E-state index < -0.39 is 8.07 Å². The quantitative estimate of drug-likeness (QED) is 0.385. The fourth-order valence-electron chi connectivity index (χ4n) is 3.41. The zero-order chi connectivity index (χ0) is 16.7. The molecule has 0 heterocycles. The second-order valence-corrected chi connectivity index (χ2v) is 11.4. The summed E-state index contributed by atoms with van der Waals surface area (Å²) in [4.78, 5) is 13.0. The average Bonchev–Trinajstić information content (AvgIpc) is 2.61. The highest BCUT2D eigenvalue weighted by Gasteiger charge is 2.43. The van der Waals surface area contributed by atoms with E-state index >= 15 is 0 Å². The normalized spacial score (nSPS) is 12.7. The molecule has 2 rings (SSSR count). The molecule has 0 aromatic heterocycles. The topological polar surface area (TPSA) is 26.3 Å². The van der Waals surface area contributed by atoms with Crippen molar-refractivity contribution in [3.63, 3.8) is 0 Å². The van der Waals surface area contributed by atoms with Gasteiger partial charge < -0.3 is 4.74 Å². The first-order valence-electron chi connectivity index (χ1n) is 8.48. The number of carbonyl (C=O) groups is 1. The van der Waals surface area contributed by atoms with Gasteiger partial charge in [0.15, 0.2) is 0 Å². The summed E-state index contributed by atoms with van der Waals surface area (Å²) < 4.78 is 5.74. The minimum absolute atomic E-state index is 0.0976. The van der Waals surface area contributed by atoms with Crippen LogP contribution in [-0.4, -0.2) is 14.0 Å². The van der Waals surface area contributed by atoms with Gasteiger partial charge in [0.1, 0.15) is 5.75 Å². The van der Waals surface area contributed by atoms with Crippen molar-refractivity contribution < 1.29 is 9.53 Å². The molecule has 0 aliphatic heterocycles. The molecule has 0 aliphatic carbocycles. The minimum atomic E-state index is -1.78. The van der Waals surface area contributed by atoms with E-state index in [1.165, 1.54) is 0 Å². The van der Waals surface area contributed by atoms with Gasteiger partial charge in [-0.25, -0.2) is 0 Å². The number of para-hydroxylation sites is 1. The number of rotatable bonds is 7. The lowest BCUT2D eigenvalue weighted by atomic mass is 10.1. The summed E-state index contributed by atoms with van der Waals surface area (Å²) in [5.41, 5.74) is 0.995. The van der Waals surface area contributed by atoms with E-state index in [0.717, 1.165) is 23.7 Å². The molecule has 1 atom stereocenters. The van der Waals surface area contributed by atoms with E-state index in [2.05, 4.69) is 32.9 Å². The molecular weight excluding hydrogens is 300 g/mol. The highest BCUT2D eigenvalue weighted by atomic mass is 28.3. The lowest BCUT2D eigenvalue weighted by molar-refractivity contribution is -0.134. The molecule has 122 valence electrons. The Balaban J connectivity index is 2.39. The molecule has 0 spiro atoms. The van der Waals surface area contributed by atoms with Crippen LogP contribution >= 0.6 is 0 Å². The lowest BCUT2D eigenvalue weighted by Gasteiger charge is -2.35. The molecular formula is C20H26O2Si. The second kappa shape index (κ2) is 8.11. The molecule has 0 saturated heterocycles. The maximum absolute atomic E-state index is 13.0. The minimum Gasteiger partial charge on any atom is -0.426 e. The molecule has 0 fully saturated rings. The van der Waals surface area contributed by atoms with Crippen molar-refractivity contribution in [3.8, 4) is 5.75 Å². The zero-order valence-corrected chi connectivity index (χ0v) is 15.3. The van der Waals surface area contributed by atoms with E-state index in [4.69, 9.17) is 4.74 Å². The molecule has 0 N–H and O–H groups in total. The van der Waals surface area contributed by atoms with E-state index in [-0.39, 0.29) is 11.5 Å². The Hall–Kier alpha value is -1.87. The molecule has 0 radical (unpaired) electrons. The van der Waals surface area contributed by atoms with E-state index in [0.29, 0.717) is 5.75 Å². The van der Waals surface area contributed by atoms with Gasteiger partial charge in [0.25, 0.3) is 0 Å². The third-order valence-corrected chi connectivity index (χ3v) is 11.1. The van der Waals surface area contributed by atoms with Gasteiger partial charge in [-0.2, -0.15) is 0 Å². The number of ether oxygens (including phenoxy) is 1. The average molecular weight is 327 g/mol. The Morgan fingerprint density at radius 3 is 1.83 bits per heavy atom. The van der Waals surface area contributed by atoms with Crippen LogP contribution < -0.4 is 4.74 Å². The predicted octanol–water partition coefficient (Wildman–Crippen LogP) is 5.42. The summed E-state index contributed by atoms with van der Waals surface area (Å²) >= 11 is 0. The monoisotopic (exact) mass is 326 g/mol. The maximum atomic E-state index is 13.0. The number of hydrogen-bond donors (Lipinski definition) is 0. The summed E-state index contributed by atoms with van der Waals surface area (Å²) in [7, 11) is -1.78. The van der Waals surface area contributed by atoms with E-state index in [9.17, 15) is 4.79 Å². The highest BCUT2D eigenvalue weighted by Crippen LogP contribution is 2.37. The SMILES string of the molecule is CC[Si](CC)(CC)[C@@H](C(=O)Oc1ccccc1)c1ccccc1. The van der Waals surface area contributed by atoms with Crippen molar-refractivity contribution in [3.05, 3.63) is 66.2 Å². The molecule has 2 nitrogen and oxygen atoms in total. The number of carbonyl (C=O) groups excluding carboxylic acids is 1. The number of esters is 1. The van der Waals surface area contributed by atoms with E-state index in [1.54, 1.807) is 0 Å². The summed E-state index contributed by atoms with van der Waals surface area (Å²) in [5.74, 6) is 0.532. The van der Waals surface area contributed by atoms with Crippen LogP contribution in [0.2, 0.25) is 18.1 Å². The maximum Gasteiger partial charge on any atom is 0.315 e. The summed E-state index contributed by atoms with van der Waals surface area (Å²) in [6.45, 7) is 6.68. The van der Waals surface area contributed by atoms with Crippen LogP contribution in [0.25, 0.3) is 0 Å². The van der Waals surface area contributed by atoms with Crippen molar-refractivity contribution in [2.24, 2.45) is 0 Å². The van der Waals surface area contributed by atoms with Crippen molar-refractivity contribution in [1.82, 2.24) is 0 Å². The van der Waals surface area contributed by atoms with Crippen molar-refractivity contribution in [2.75, 3.05) is 0 Å². The van der Waals surface area contributed by atoms with E-state index in [1.807, 2.05) is 48.5 Å². The van der Waals surface area contributed by atoms with Gasteiger partial charge in [-0.05, 0) is 17.7 Å². The molecule has 2 aromatic carbocycles. The van der Waals surface area contributed by atoms with Gasteiger partial charge in [-0.15, -0.1) is 0 Å². The molecule has 0 aliphatic rings. The summed E-state index contributed by atoms with van der Waals surface area (Å²) in [6.07, 6.45) is 0. The van der Waals surface area contributed by atoms with Crippen molar-refractivity contribution >= 4 is 14.0 Å². The van der Waals surface area contributed by atoms with Crippen LogP contribution in [0, 0.1) is 0 Å². The number of benzene rings is 2. The Morgan fingerprint density at radius 1 is 0.870 bits per heavy atom. The van der Waals surface area contributed by atoms with Gasteiger partial charge in [0.05, 0.1) is 13.6 Å². The van der Waals surface area contributed by atoms with Gasteiger partial charge in [0.2, 0.25) is 0 Å². The molecule has 0 bridgehead atoms. The summed E-state index contributed by atoms with van der Waals surface area (Å²) in [6, 6.07) is 22.8. The molecule has 3 heteroatoms. The van der Waals surface area contributed by atoms with Crippen LogP contribution in [0.4, 0.5) is 0 Å². The predicted molar refractivity (Wildman–Crippen MR) is 98.5 cm³/mol.